The third-order valence-electron chi connectivity index (χ3n) is 2.53. The average Bonchev–Trinajstić information content (AvgIpc) is 2.11. The largest absolute Gasteiger partial charge is 0.379 e. The van der Waals surface area contributed by atoms with E-state index in [4.69, 9.17) is 0 Å². The summed E-state index contributed by atoms with van der Waals surface area (Å²) in [5.74, 6) is 0.825. The van der Waals surface area contributed by atoms with Gasteiger partial charge < -0.3 is 5.11 Å². The fraction of sp³-hybridized carbons (Fsp3) is 1.00. The number of nitrogens with one attached hydrogen (secondary N) is 1. The summed E-state index contributed by atoms with van der Waals surface area (Å²) in [5, 5.41) is 12.3. The highest BCUT2D eigenvalue weighted by atomic mass is 16.3. The molecule has 1 heterocycles. The summed E-state index contributed by atoms with van der Waals surface area (Å²) in [6.07, 6.45) is 4.69. The Labute approximate surface area is 55.3 Å². The van der Waals surface area contributed by atoms with Gasteiger partial charge in [0.2, 0.25) is 0 Å². The summed E-state index contributed by atoms with van der Waals surface area (Å²) in [4.78, 5) is 0. The predicted molar refractivity (Wildman–Crippen MR) is 34.9 cm³/mol. The van der Waals surface area contributed by atoms with E-state index in [1.54, 1.807) is 0 Å². The van der Waals surface area contributed by atoms with Gasteiger partial charge in [0.15, 0.2) is 0 Å². The molecule has 3 atom stereocenters. The van der Waals surface area contributed by atoms with Crippen LogP contribution in [0.15, 0.2) is 0 Å². The van der Waals surface area contributed by atoms with Crippen molar-refractivity contribution >= 4 is 0 Å². The standard InChI is InChI=1S/C7H13NO/c9-7-4-5-1-2-6(3-5)8-7/h5-9H,1-4H2. The van der Waals surface area contributed by atoms with Gasteiger partial charge in [0.25, 0.3) is 0 Å². The smallest absolute Gasteiger partial charge is 0.105 e. The lowest BCUT2D eigenvalue weighted by atomic mass is 10.00. The lowest BCUT2D eigenvalue weighted by Crippen LogP contribution is -2.40. The van der Waals surface area contributed by atoms with Crippen LogP contribution in [0.4, 0.5) is 0 Å². The van der Waals surface area contributed by atoms with Gasteiger partial charge in [0.05, 0.1) is 0 Å². The third-order valence-corrected chi connectivity index (χ3v) is 2.53. The Balaban J connectivity index is 2.03. The number of hydrogen-bond acceptors (Lipinski definition) is 2. The van der Waals surface area contributed by atoms with Gasteiger partial charge in [0.1, 0.15) is 6.23 Å². The number of piperidine rings is 1. The number of aliphatic hydroxyl groups is 1. The minimum absolute atomic E-state index is 0.198. The highest BCUT2D eigenvalue weighted by Gasteiger charge is 2.32. The molecule has 2 bridgehead atoms. The van der Waals surface area contributed by atoms with E-state index >= 15 is 0 Å². The summed E-state index contributed by atoms with van der Waals surface area (Å²) in [6, 6.07) is 0.638. The van der Waals surface area contributed by atoms with Crippen molar-refractivity contribution in [3.05, 3.63) is 0 Å². The van der Waals surface area contributed by atoms with Crippen LogP contribution >= 0.6 is 0 Å². The molecule has 1 aliphatic carbocycles. The summed E-state index contributed by atoms with van der Waals surface area (Å²) in [5.41, 5.74) is 0. The zero-order valence-electron chi connectivity index (χ0n) is 5.51. The zero-order valence-corrected chi connectivity index (χ0v) is 5.51. The minimum Gasteiger partial charge on any atom is -0.379 e. The molecule has 1 saturated carbocycles. The van der Waals surface area contributed by atoms with Crippen molar-refractivity contribution in [2.24, 2.45) is 5.92 Å². The molecule has 0 spiro atoms. The van der Waals surface area contributed by atoms with E-state index in [1.165, 1.54) is 19.3 Å². The third kappa shape index (κ3) is 0.970. The Kier molecular flexibility index (Phi) is 1.24. The molecule has 2 aliphatic rings. The molecule has 0 amide bonds. The Morgan fingerprint density at radius 2 is 2.11 bits per heavy atom. The highest BCUT2D eigenvalue weighted by molar-refractivity contribution is 4.87. The SMILES string of the molecule is OC1CC2CCC(C2)N1. The van der Waals surface area contributed by atoms with E-state index in [0.29, 0.717) is 6.04 Å². The molecule has 0 aromatic carbocycles. The minimum atomic E-state index is -0.198. The molecular weight excluding hydrogens is 114 g/mol. The molecule has 1 aliphatic heterocycles. The molecule has 2 rings (SSSR count). The van der Waals surface area contributed by atoms with Crippen LogP contribution in [-0.4, -0.2) is 17.4 Å². The van der Waals surface area contributed by atoms with Gasteiger partial charge in [-0.2, -0.15) is 0 Å². The highest BCUT2D eigenvalue weighted by Crippen LogP contribution is 2.32. The van der Waals surface area contributed by atoms with Crippen LogP contribution in [-0.2, 0) is 0 Å². The summed E-state index contributed by atoms with van der Waals surface area (Å²) in [6.45, 7) is 0. The first kappa shape index (κ1) is 5.69. The van der Waals surface area contributed by atoms with Crippen LogP contribution < -0.4 is 5.32 Å². The van der Waals surface area contributed by atoms with E-state index in [9.17, 15) is 5.11 Å². The molecule has 0 aromatic heterocycles. The molecule has 2 nitrogen and oxygen atoms in total. The van der Waals surface area contributed by atoms with E-state index in [2.05, 4.69) is 5.32 Å². The van der Waals surface area contributed by atoms with Crippen molar-refractivity contribution in [1.29, 1.82) is 0 Å². The monoisotopic (exact) mass is 127 g/mol. The van der Waals surface area contributed by atoms with Crippen LogP contribution in [0.3, 0.4) is 0 Å². The van der Waals surface area contributed by atoms with Gasteiger partial charge in [-0.1, -0.05) is 0 Å². The van der Waals surface area contributed by atoms with Crippen molar-refractivity contribution < 1.29 is 5.11 Å². The van der Waals surface area contributed by atoms with Crippen LogP contribution in [0.5, 0.6) is 0 Å². The predicted octanol–water partition coefficient (Wildman–Crippen LogP) is 0.467. The Bertz CT molecular complexity index is 103. The summed E-state index contributed by atoms with van der Waals surface area (Å²) < 4.78 is 0. The quantitative estimate of drug-likeness (QED) is 0.495. The Hall–Kier alpha value is -0.0800. The number of fused-ring (bicyclic) bond motifs is 2. The second-order valence-electron chi connectivity index (χ2n) is 3.29. The van der Waals surface area contributed by atoms with Gasteiger partial charge in [-0.25, -0.2) is 0 Å². The van der Waals surface area contributed by atoms with Gasteiger partial charge in [-0.05, 0) is 31.6 Å². The average molecular weight is 127 g/mol. The van der Waals surface area contributed by atoms with E-state index in [1.807, 2.05) is 0 Å². The molecule has 9 heavy (non-hydrogen) atoms. The molecule has 1 saturated heterocycles. The second-order valence-corrected chi connectivity index (χ2v) is 3.29. The first-order chi connectivity index (χ1) is 4.34. The molecule has 0 radical (unpaired) electrons. The topological polar surface area (TPSA) is 32.3 Å². The van der Waals surface area contributed by atoms with Crippen LogP contribution in [0.2, 0.25) is 0 Å². The first-order valence-corrected chi connectivity index (χ1v) is 3.79. The molecule has 2 fully saturated rings. The maximum Gasteiger partial charge on any atom is 0.105 e. The fourth-order valence-corrected chi connectivity index (χ4v) is 2.10. The maximum absolute atomic E-state index is 9.18. The number of rotatable bonds is 0. The number of hydrogen-bond donors (Lipinski definition) is 2. The molecular formula is C7H13NO. The van der Waals surface area contributed by atoms with Gasteiger partial charge >= 0.3 is 0 Å². The van der Waals surface area contributed by atoms with Crippen molar-refractivity contribution in [3.8, 4) is 0 Å². The van der Waals surface area contributed by atoms with E-state index in [0.717, 1.165) is 12.3 Å². The van der Waals surface area contributed by atoms with Gasteiger partial charge in [-0.3, -0.25) is 5.32 Å². The Morgan fingerprint density at radius 1 is 1.22 bits per heavy atom. The number of aliphatic hydroxyl groups excluding tert-OH is 1. The van der Waals surface area contributed by atoms with Crippen molar-refractivity contribution in [2.75, 3.05) is 0 Å². The van der Waals surface area contributed by atoms with Crippen molar-refractivity contribution in [2.45, 2.75) is 38.0 Å². The first-order valence-electron chi connectivity index (χ1n) is 3.79. The lowest BCUT2D eigenvalue weighted by molar-refractivity contribution is 0.0796. The van der Waals surface area contributed by atoms with Gasteiger partial charge in [-0.15, -0.1) is 0 Å². The van der Waals surface area contributed by atoms with E-state index in [-0.39, 0.29) is 6.23 Å². The molecule has 2 N–H and O–H groups in total. The van der Waals surface area contributed by atoms with Crippen molar-refractivity contribution in [1.82, 2.24) is 5.32 Å². The Morgan fingerprint density at radius 3 is 2.89 bits per heavy atom. The summed E-state index contributed by atoms with van der Waals surface area (Å²) >= 11 is 0. The van der Waals surface area contributed by atoms with Gasteiger partial charge in [0, 0.05) is 6.04 Å². The van der Waals surface area contributed by atoms with Crippen molar-refractivity contribution in [3.63, 3.8) is 0 Å². The molecule has 3 unspecified atom stereocenters. The molecule has 2 heteroatoms. The van der Waals surface area contributed by atoms with Crippen LogP contribution in [0, 0.1) is 5.92 Å². The molecule has 0 aromatic rings. The summed E-state index contributed by atoms with van der Waals surface area (Å²) in [7, 11) is 0. The maximum atomic E-state index is 9.18. The van der Waals surface area contributed by atoms with E-state index < -0.39 is 0 Å². The fourth-order valence-electron chi connectivity index (χ4n) is 2.10. The lowest BCUT2D eigenvalue weighted by Gasteiger charge is -2.25. The normalized spacial score (nSPS) is 49.7. The van der Waals surface area contributed by atoms with Crippen LogP contribution in [0.1, 0.15) is 25.7 Å². The second kappa shape index (κ2) is 1.96. The zero-order chi connectivity index (χ0) is 6.27. The molecule has 52 valence electrons. The van der Waals surface area contributed by atoms with Crippen LogP contribution in [0.25, 0.3) is 0 Å².